The molecule has 0 saturated heterocycles. The second-order valence-corrected chi connectivity index (χ2v) is 6.76. The molecule has 0 unspecified atom stereocenters. The highest BCUT2D eigenvalue weighted by Crippen LogP contribution is 2.27. The van der Waals surface area contributed by atoms with Crippen LogP contribution in [0.5, 0.6) is 0 Å². The Morgan fingerprint density at radius 2 is 1.95 bits per heavy atom. The topological polar surface area (TPSA) is 75.3 Å². The molecule has 22 heavy (non-hydrogen) atoms. The number of halogens is 1. The van der Waals surface area contributed by atoms with Crippen molar-refractivity contribution in [2.75, 3.05) is 10.0 Å². The Morgan fingerprint density at radius 3 is 2.73 bits per heavy atom. The number of hydrogen-bond donors (Lipinski definition) is 2. The molecule has 0 saturated carbocycles. The number of hydrogen-bond acceptors (Lipinski definition) is 3. The van der Waals surface area contributed by atoms with E-state index in [9.17, 15) is 17.6 Å². The van der Waals surface area contributed by atoms with E-state index in [1.165, 1.54) is 12.1 Å². The fourth-order valence-electron chi connectivity index (χ4n) is 2.37. The summed E-state index contributed by atoms with van der Waals surface area (Å²) in [5, 5.41) is 2.67. The third kappa shape index (κ3) is 2.67. The molecule has 1 aliphatic rings. The standard InChI is InChI=1S/C15H13FN2O3S/c1-9-2-3-11(16)8-14(9)22(20,21)18-12-4-5-13-10(6-12)7-15(19)17-13/h2-6,8,18H,7H2,1H3,(H,17,19). The van der Waals surface area contributed by atoms with Gasteiger partial charge in [-0.05, 0) is 48.4 Å². The summed E-state index contributed by atoms with van der Waals surface area (Å²) in [4.78, 5) is 11.2. The number of nitrogens with one attached hydrogen (secondary N) is 2. The van der Waals surface area contributed by atoms with E-state index in [2.05, 4.69) is 10.0 Å². The van der Waals surface area contributed by atoms with Gasteiger partial charge in [-0.2, -0.15) is 0 Å². The van der Waals surface area contributed by atoms with Gasteiger partial charge in [0.1, 0.15) is 5.82 Å². The number of sulfonamides is 1. The zero-order chi connectivity index (χ0) is 15.9. The Balaban J connectivity index is 1.94. The van der Waals surface area contributed by atoms with Crippen LogP contribution < -0.4 is 10.0 Å². The molecule has 114 valence electrons. The van der Waals surface area contributed by atoms with Gasteiger partial charge in [0.15, 0.2) is 0 Å². The molecule has 0 spiro atoms. The SMILES string of the molecule is Cc1ccc(F)cc1S(=O)(=O)Nc1ccc2c(c1)CC(=O)N2. The van der Waals surface area contributed by atoms with Crippen LogP contribution in [0.4, 0.5) is 15.8 Å². The molecule has 0 aliphatic carbocycles. The summed E-state index contributed by atoms with van der Waals surface area (Å²) in [5.74, 6) is -0.745. The highest BCUT2D eigenvalue weighted by Gasteiger charge is 2.21. The van der Waals surface area contributed by atoms with Gasteiger partial charge in [0.2, 0.25) is 5.91 Å². The van der Waals surface area contributed by atoms with Crippen molar-refractivity contribution in [3.63, 3.8) is 0 Å². The molecule has 0 aromatic heterocycles. The highest BCUT2D eigenvalue weighted by molar-refractivity contribution is 7.92. The molecular formula is C15H13FN2O3S. The molecular weight excluding hydrogens is 307 g/mol. The first kappa shape index (κ1) is 14.5. The van der Waals surface area contributed by atoms with Gasteiger partial charge in [0.05, 0.1) is 11.3 Å². The van der Waals surface area contributed by atoms with Gasteiger partial charge in [-0.1, -0.05) is 6.07 Å². The summed E-state index contributed by atoms with van der Waals surface area (Å²) in [6.07, 6.45) is 0.212. The predicted molar refractivity (Wildman–Crippen MR) is 80.7 cm³/mol. The Morgan fingerprint density at radius 1 is 1.18 bits per heavy atom. The maximum Gasteiger partial charge on any atom is 0.262 e. The maximum absolute atomic E-state index is 13.3. The molecule has 7 heteroatoms. The Hall–Kier alpha value is -2.41. The van der Waals surface area contributed by atoms with Crippen molar-refractivity contribution in [3.8, 4) is 0 Å². The first-order valence-electron chi connectivity index (χ1n) is 6.57. The third-order valence-electron chi connectivity index (χ3n) is 3.42. The predicted octanol–water partition coefficient (Wildman–Crippen LogP) is 2.43. The van der Waals surface area contributed by atoms with Gasteiger partial charge in [-0.15, -0.1) is 0 Å². The van der Waals surface area contributed by atoms with E-state index in [1.54, 1.807) is 25.1 Å². The average molecular weight is 320 g/mol. The van der Waals surface area contributed by atoms with Crippen LogP contribution in [0.15, 0.2) is 41.3 Å². The lowest BCUT2D eigenvalue weighted by Crippen LogP contribution is -2.14. The second kappa shape index (κ2) is 5.10. The van der Waals surface area contributed by atoms with Crippen LogP contribution in [-0.4, -0.2) is 14.3 Å². The van der Waals surface area contributed by atoms with Crippen molar-refractivity contribution in [2.45, 2.75) is 18.2 Å². The van der Waals surface area contributed by atoms with E-state index in [4.69, 9.17) is 0 Å². The van der Waals surface area contributed by atoms with E-state index < -0.39 is 15.8 Å². The molecule has 0 atom stereocenters. The molecule has 0 radical (unpaired) electrons. The van der Waals surface area contributed by atoms with E-state index >= 15 is 0 Å². The third-order valence-corrected chi connectivity index (χ3v) is 4.95. The van der Waals surface area contributed by atoms with Crippen molar-refractivity contribution < 1.29 is 17.6 Å². The van der Waals surface area contributed by atoms with Crippen molar-refractivity contribution >= 4 is 27.3 Å². The van der Waals surface area contributed by atoms with Crippen molar-refractivity contribution in [1.82, 2.24) is 0 Å². The normalized spacial score (nSPS) is 13.6. The van der Waals surface area contributed by atoms with E-state index in [-0.39, 0.29) is 17.2 Å². The average Bonchev–Trinajstić information content (AvgIpc) is 2.80. The molecule has 1 amide bonds. The lowest BCUT2D eigenvalue weighted by Gasteiger charge is -2.11. The van der Waals surface area contributed by atoms with Gasteiger partial charge < -0.3 is 5.32 Å². The molecule has 2 aromatic rings. The van der Waals surface area contributed by atoms with Gasteiger partial charge in [0.25, 0.3) is 10.0 Å². The van der Waals surface area contributed by atoms with Crippen molar-refractivity contribution in [1.29, 1.82) is 0 Å². The Labute approximate surface area is 127 Å². The summed E-state index contributed by atoms with van der Waals surface area (Å²) >= 11 is 0. The minimum absolute atomic E-state index is 0.109. The number of anilines is 2. The minimum Gasteiger partial charge on any atom is -0.326 e. The van der Waals surface area contributed by atoms with Crippen LogP contribution in [0, 0.1) is 12.7 Å². The van der Waals surface area contributed by atoms with Crippen LogP contribution in [0.25, 0.3) is 0 Å². The van der Waals surface area contributed by atoms with Crippen molar-refractivity contribution in [2.24, 2.45) is 0 Å². The summed E-state index contributed by atoms with van der Waals surface area (Å²) in [6.45, 7) is 1.60. The van der Waals surface area contributed by atoms with Gasteiger partial charge in [-0.3, -0.25) is 9.52 Å². The molecule has 3 rings (SSSR count). The monoisotopic (exact) mass is 320 g/mol. The van der Waals surface area contributed by atoms with E-state index in [0.717, 1.165) is 11.6 Å². The number of rotatable bonds is 3. The molecule has 5 nitrogen and oxygen atoms in total. The lowest BCUT2D eigenvalue weighted by atomic mass is 10.1. The van der Waals surface area contributed by atoms with Crippen LogP contribution in [0.2, 0.25) is 0 Å². The summed E-state index contributed by atoms with van der Waals surface area (Å²) in [5.41, 5.74) is 2.18. The molecule has 1 heterocycles. The number of benzene rings is 2. The van der Waals surface area contributed by atoms with Gasteiger partial charge in [0, 0.05) is 11.4 Å². The van der Waals surface area contributed by atoms with E-state index in [1.807, 2.05) is 0 Å². The van der Waals surface area contributed by atoms with Crippen LogP contribution in [0.1, 0.15) is 11.1 Å². The number of aryl methyl sites for hydroxylation is 1. The maximum atomic E-state index is 13.3. The minimum atomic E-state index is -3.89. The number of carbonyl (C=O) groups is 1. The first-order valence-corrected chi connectivity index (χ1v) is 8.05. The molecule has 2 N–H and O–H groups in total. The summed E-state index contributed by atoms with van der Waals surface area (Å²) in [7, 11) is -3.89. The number of fused-ring (bicyclic) bond motifs is 1. The largest absolute Gasteiger partial charge is 0.326 e. The zero-order valence-electron chi connectivity index (χ0n) is 11.7. The summed E-state index contributed by atoms with van der Waals surface area (Å²) in [6, 6.07) is 8.39. The fraction of sp³-hybridized carbons (Fsp3) is 0.133. The lowest BCUT2D eigenvalue weighted by molar-refractivity contribution is -0.115. The highest BCUT2D eigenvalue weighted by atomic mass is 32.2. The summed E-state index contributed by atoms with van der Waals surface area (Å²) < 4.78 is 40.5. The van der Waals surface area contributed by atoms with Gasteiger partial charge >= 0.3 is 0 Å². The molecule has 2 aromatic carbocycles. The van der Waals surface area contributed by atoms with E-state index in [0.29, 0.717) is 16.9 Å². The van der Waals surface area contributed by atoms with Crippen LogP contribution in [-0.2, 0) is 21.2 Å². The fourth-order valence-corrected chi connectivity index (χ4v) is 3.67. The van der Waals surface area contributed by atoms with Gasteiger partial charge in [-0.25, -0.2) is 12.8 Å². The number of amides is 1. The van der Waals surface area contributed by atoms with Crippen LogP contribution >= 0.6 is 0 Å². The smallest absolute Gasteiger partial charge is 0.262 e. The second-order valence-electron chi connectivity index (χ2n) is 5.11. The molecule has 0 fully saturated rings. The quantitative estimate of drug-likeness (QED) is 0.912. The van der Waals surface area contributed by atoms with Crippen LogP contribution in [0.3, 0.4) is 0 Å². The molecule has 0 bridgehead atoms. The zero-order valence-corrected chi connectivity index (χ0v) is 12.5. The number of carbonyl (C=O) groups excluding carboxylic acids is 1. The van der Waals surface area contributed by atoms with Crippen molar-refractivity contribution in [3.05, 3.63) is 53.3 Å². The molecule has 1 aliphatic heterocycles. The first-order chi connectivity index (χ1) is 10.3. The Bertz CT molecular complexity index is 878. The Kier molecular flexibility index (Phi) is 3.37.